The Kier molecular flexibility index (Phi) is 19.5. The van der Waals surface area contributed by atoms with Crippen LogP contribution in [0.5, 0.6) is 0 Å². The summed E-state index contributed by atoms with van der Waals surface area (Å²) in [5.74, 6) is 0. The van der Waals surface area contributed by atoms with Gasteiger partial charge in [0.15, 0.2) is 24.8 Å². The van der Waals surface area contributed by atoms with Gasteiger partial charge in [-0.3, -0.25) is 0 Å². The SMILES string of the molecule is [I-].[I-].c1ccc2c[n+](CCCCCCCCCCCCCCCCCCC[n+]3ccc4ccccc4c3)ccc2c1. The van der Waals surface area contributed by atoms with Gasteiger partial charge in [0.25, 0.3) is 0 Å². The molecule has 0 atom stereocenters. The van der Waals surface area contributed by atoms with Crippen LogP contribution in [-0.4, -0.2) is 0 Å². The van der Waals surface area contributed by atoms with E-state index in [1.807, 2.05) is 0 Å². The zero-order chi connectivity index (χ0) is 26.8. The van der Waals surface area contributed by atoms with Gasteiger partial charge in [-0.1, -0.05) is 120 Å². The topological polar surface area (TPSA) is 7.76 Å². The van der Waals surface area contributed by atoms with Crippen molar-refractivity contribution in [1.82, 2.24) is 0 Å². The van der Waals surface area contributed by atoms with Crippen molar-refractivity contribution in [2.45, 2.75) is 122 Å². The third kappa shape index (κ3) is 14.2. The van der Waals surface area contributed by atoms with Gasteiger partial charge in [0.1, 0.15) is 13.1 Å². The Morgan fingerprint density at radius 2 is 0.585 bits per heavy atom. The minimum atomic E-state index is 0. The third-order valence-electron chi connectivity index (χ3n) is 8.33. The predicted octanol–water partition coefficient (Wildman–Crippen LogP) is 3.91. The fourth-order valence-electron chi connectivity index (χ4n) is 5.87. The maximum absolute atomic E-state index is 2.36. The highest BCUT2D eigenvalue weighted by Gasteiger charge is 2.04. The second-order valence-electron chi connectivity index (χ2n) is 11.6. The van der Waals surface area contributed by atoms with Crippen molar-refractivity contribution in [3.63, 3.8) is 0 Å². The highest BCUT2D eigenvalue weighted by Crippen LogP contribution is 2.15. The van der Waals surface area contributed by atoms with Crippen molar-refractivity contribution in [3.8, 4) is 0 Å². The first kappa shape index (κ1) is 35.9. The smallest absolute Gasteiger partial charge is 0.176 e. The molecule has 0 saturated heterocycles. The molecule has 0 unspecified atom stereocenters. The van der Waals surface area contributed by atoms with E-state index < -0.39 is 0 Å². The van der Waals surface area contributed by atoms with E-state index in [4.69, 9.17) is 0 Å². The molecule has 2 aromatic carbocycles. The molecule has 0 amide bonds. The van der Waals surface area contributed by atoms with Gasteiger partial charge in [0.05, 0.1) is 0 Å². The summed E-state index contributed by atoms with van der Waals surface area (Å²) in [6, 6.07) is 21.8. The largest absolute Gasteiger partial charge is 1.00 e. The zero-order valence-corrected chi connectivity index (χ0v) is 29.5. The lowest BCUT2D eigenvalue weighted by molar-refractivity contribution is -0.696. The molecule has 2 heterocycles. The molecule has 0 radical (unpaired) electrons. The van der Waals surface area contributed by atoms with Gasteiger partial charge < -0.3 is 48.0 Å². The Morgan fingerprint density at radius 3 is 0.902 bits per heavy atom. The fraction of sp³-hybridized carbons (Fsp3) is 0.514. The maximum Gasteiger partial charge on any atom is 0.176 e. The van der Waals surface area contributed by atoms with Crippen molar-refractivity contribution >= 4 is 21.5 Å². The fourth-order valence-corrected chi connectivity index (χ4v) is 5.87. The lowest BCUT2D eigenvalue weighted by atomic mass is 10.0. The second-order valence-corrected chi connectivity index (χ2v) is 11.6. The quantitative estimate of drug-likeness (QED) is 0.0732. The highest BCUT2D eigenvalue weighted by molar-refractivity contribution is 5.80. The van der Waals surface area contributed by atoms with Gasteiger partial charge in [0.2, 0.25) is 0 Å². The Bertz CT molecular complexity index is 1130. The Labute approximate surface area is 284 Å². The van der Waals surface area contributed by atoms with Crippen LogP contribution in [0.15, 0.2) is 85.5 Å². The number of hydrogen-bond donors (Lipinski definition) is 0. The minimum Gasteiger partial charge on any atom is -1.00 e. The number of unbranched alkanes of at least 4 members (excludes halogenated alkanes) is 16. The van der Waals surface area contributed by atoms with Gasteiger partial charge >= 0.3 is 0 Å². The van der Waals surface area contributed by atoms with Crippen molar-refractivity contribution in [2.24, 2.45) is 0 Å². The van der Waals surface area contributed by atoms with Gasteiger partial charge in [-0.25, -0.2) is 9.13 Å². The number of rotatable bonds is 20. The van der Waals surface area contributed by atoms with E-state index in [0.717, 1.165) is 13.1 Å². The Morgan fingerprint density at radius 1 is 0.317 bits per heavy atom. The Balaban J connectivity index is 0.00000294. The molecule has 224 valence electrons. The Hall–Kier alpha value is -1.28. The minimum absolute atomic E-state index is 0. The first-order valence-electron chi connectivity index (χ1n) is 16.1. The molecule has 0 aliphatic heterocycles. The van der Waals surface area contributed by atoms with E-state index >= 15 is 0 Å². The molecule has 2 nitrogen and oxygen atoms in total. The zero-order valence-electron chi connectivity index (χ0n) is 25.2. The molecule has 4 heteroatoms. The van der Waals surface area contributed by atoms with Crippen molar-refractivity contribution < 1.29 is 57.1 Å². The molecular formula is C37H52I2N2. The van der Waals surface area contributed by atoms with E-state index in [9.17, 15) is 0 Å². The molecular weight excluding hydrogens is 726 g/mol. The van der Waals surface area contributed by atoms with Gasteiger partial charge in [-0.15, -0.1) is 0 Å². The monoisotopic (exact) mass is 778 g/mol. The second kappa shape index (κ2) is 22.3. The summed E-state index contributed by atoms with van der Waals surface area (Å²) in [6.07, 6.45) is 33.0. The van der Waals surface area contributed by atoms with Crippen LogP contribution in [0.3, 0.4) is 0 Å². The molecule has 0 aliphatic carbocycles. The first-order chi connectivity index (χ1) is 19.4. The van der Waals surface area contributed by atoms with Crippen molar-refractivity contribution in [1.29, 1.82) is 0 Å². The number of halogens is 2. The highest BCUT2D eigenvalue weighted by atomic mass is 127. The first-order valence-corrected chi connectivity index (χ1v) is 16.1. The molecule has 4 rings (SSSR count). The molecule has 0 saturated carbocycles. The van der Waals surface area contributed by atoms with E-state index in [1.54, 1.807) is 0 Å². The van der Waals surface area contributed by atoms with Crippen molar-refractivity contribution in [3.05, 3.63) is 85.5 Å². The lowest BCUT2D eigenvalue weighted by Crippen LogP contribution is -3.00. The lowest BCUT2D eigenvalue weighted by Gasteiger charge is -2.04. The summed E-state index contributed by atoms with van der Waals surface area (Å²) in [7, 11) is 0. The number of pyridine rings is 2. The number of aromatic nitrogens is 2. The molecule has 41 heavy (non-hydrogen) atoms. The van der Waals surface area contributed by atoms with Crippen LogP contribution < -0.4 is 57.1 Å². The number of nitrogens with zero attached hydrogens (tertiary/aromatic N) is 2. The molecule has 4 aromatic rings. The number of hydrogen-bond acceptors (Lipinski definition) is 0. The number of benzene rings is 2. The van der Waals surface area contributed by atoms with Crippen LogP contribution in [0, 0.1) is 0 Å². The van der Waals surface area contributed by atoms with Crippen LogP contribution in [0.1, 0.15) is 109 Å². The predicted molar refractivity (Wildman–Crippen MR) is 167 cm³/mol. The average Bonchev–Trinajstić information content (AvgIpc) is 2.98. The van der Waals surface area contributed by atoms with Crippen LogP contribution in [-0.2, 0) is 13.1 Å². The molecule has 0 aliphatic rings. The molecule has 0 N–H and O–H groups in total. The average molecular weight is 779 g/mol. The normalized spacial score (nSPS) is 10.9. The molecule has 0 bridgehead atoms. The van der Waals surface area contributed by atoms with Gasteiger partial charge in [-0.2, -0.15) is 0 Å². The van der Waals surface area contributed by atoms with E-state index in [-0.39, 0.29) is 48.0 Å². The van der Waals surface area contributed by atoms with E-state index in [0.29, 0.717) is 0 Å². The van der Waals surface area contributed by atoms with Crippen LogP contribution in [0.25, 0.3) is 21.5 Å². The molecule has 0 fully saturated rings. The number of aryl methyl sites for hydroxylation is 2. The summed E-state index contributed by atoms with van der Waals surface area (Å²) in [5, 5.41) is 5.36. The third-order valence-corrected chi connectivity index (χ3v) is 8.33. The van der Waals surface area contributed by atoms with Crippen LogP contribution in [0.4, 0.5) is 0 Å². The maximum atomic E-state index is 2.36. The van der Waals surface area contributed by atoms with Crippen molar-refractivity contribution in [2.75, 3.05) is 0 Å². The standard InChI is InChI=1S/C37H52N2.2HI/c1(2-4-6-8-10-12-14-20-28-38-30-26-34-22-16-18-24-36(34)32-38)3-5-7-9-11-13-15-21-29-39-31-27-35-23-17-19-25-37(35)33-39;;/h16-19,22-27,30-33H,1-15,20-21,28-29H2;2*1H/q+2;;/p-2. The summed E-state index contributed by atoms with van der Waals surface area (Å²) in [4.78, 5) is 0. The van der Waals surface area contributed by atoms with E-state index in [2.05, 4.69) is 94.6 Å². The molecule has 2 aromatic heterocycles. The van der Waals surface area contributed by atoms with E-state index in [1.165, 1.54) is 131 Å². The number of fused-ring (bicyclic) bond motifs is 2. The van der Waals surface area contributed by atoms with Crippen LogP contribution in [0.2, 0.25) is 0 Å². The summed E-state index contributed by atoms with van der Waals surface area (Å²) in [6.45, 7) is 2.30. The van der Waals surface area contributed by atoms with Gasteiger partial charge in [-0.05, 0) is 35.7 Å². The summed E-state index contributed by atoms with van der Waals surface area (Å²) >= 11 is 0. The van der Waals surface area contributed by atoms with Gasteiger partial charge in [0, 0.05) is 35.7 Å². The summed E-state index contributed by atoms with van der Waals surface area (Å²) < 4.78 is 4.71. The molecule has 0 spiro atoms. The van der Waals surface area contributed by atoms with Crippen LogP contribution >= 0.6 is 0 Å². The summed E-state index contributed by atoms with van der Waals surface area (Å²) in [5.41, 5.74) is 0.